The summed E-state index contributed by atoms with van der Waals surface area (Å²) < 4.78 is 0. The predicted octanol–water partition coefficient (Wildman–Crippen LogP) is 2.95. The first-order valence-corrected chi connectivity index (χ1v) is 7.02. The molecule has 0 aromatic heterocycles. The Labute approximate surface area is 124 Å². The van der Waals surface area contributed by atoms with Gasteiger partial charge in [-0.05, 0) is 43.9 Å². The fourth-order valence-electron chi connectivity index (χ4n) is 1.81. The number of carboxylic acid groups (broad SMARTS) is 1. The van der Waals surface area contributed by atoms with Gasteiger partial charge in [0.05, 0.1) is 0 Å². The van der Waals surface area contributed by atoms with Gasteiger partial charge >= 0.3 is 5.97 Å². The number of halogens is 1. The van der Waals surface area contributed by atoms with E-state index < -0.39 is 5.97 Å². The van der Waals surface area contributed by atoms with E-state index in [0.717, 1.165) is 11.1 Å². The van der Waals surface area contributed by atoms with Crippen molar-refractivity contribution in [1.29, 1.82) is 0 Å². The second-order valence-corrected chi connectivity index (χ2v) is 5.39. The number of benzene rings is 1. The fraction of sp³-hybridized carbons (Fsp3) is 0.467. The number of carboxylic acids is 1. The van der Waals surface area contributed by atoms with Crippen molar-refractivity contribution in [2.24, 2.45) is 0 Å². The maximum Gasteiger partial charge on any atom is 0.303 e. The van der Waals surface area contributed by atoms with Gasteiger partial charge in [0.25, 0.3) is 0 Å². The molecule has 0 saturated carbocycles. The lowest BCUT2D eigenvalue weighted by atomic mass is 10.1. The summed E-state index contributed by atoms with van der Waals surface area (Å²) >= 11 is 6.03. The molecule has 2 N–H and O–H groups in total. The van der Waals surface area contributed by atoms with Gasteiger partial charge in [-0.3, -0.25) is 9.59 Å². The van der Waals surface area contributed by atoms with Crippen molar-refractivity contribution in [2.75, 3.05) is 0 Å². The molecular formula is C15H20ClNO3. The highest BCUT2D eigenvalue weighted by molar-refractivity contribution is 6.31. The van der Waals surface area contributed by atoms with Gasteiger partial charge in [0.1, 0.15) is 0 Å². The molecule has 0 heterocycles. The Bertz CT molecular complexity index is 488. The summed E-state index contributed by atoms with van der Waals surface area (Å²) in [6, 6.07) is 5.64. The number of amides is 1. The van der Waals surface area contributed by atoms with E-state index in [1.165, 1.54) is 0 Å². The molecular weight excluding hydrogens is 278 g/mol. The van der Waals surface area contributed by atoms with E-state index in [4.69, 9.17) is 16.7 Å². The third kappa shape index (κ3) is 6.06. The molecule has 20 heavy (non-hydrogen) atoms. The summed E-state index contributed by atoms with van der Waals surface area (Å²) in [5.41, 5.74) is 2.04. The van der Waals surface area contributed by atoms with Crippen LogP contribution in [0, 0.1) is 6.92 Å². The lowest BCUT2D eigenvalue weighted by molar-refractivity contribution is -0.137. The van der Waals surface area contributed by atoms with Gasteiger partial charge in [-0.2, -0.15) is 0 Å². The lowest BCUT2D eigenvalue weighted by Gasteiger charge is -2.12. The van der Waals surface area contributed by atoms with Crippen LogP contribution in [0.15, 0.2) is 18.2 Å². The zero-order valence-corrected chi connectivity index (χ0v) is 12.5. The number of aliphatic carboxylic acids is 1. The number of carbonyl (C=O) groups is 2. The minimum Gasteiger partial charge on any atom is -0.481 e. The number of carbonyl (C=O) groups excluding carboxylic acids is 1. The van der Waals surface area contributed by atoms with Crippen molar-refractivity contribution in [1.82, 2.24) is 5.32 Å². The van der Waals surface area contributed by atoms with Crippen molar-refractivity contribution in [3.63, 3.8) is 0 Å². The quantitative estimate of drug-likeness (QED) is 0.813. The van der Waals surface area contributed by atoms with Gasteiger partial charge in [-0.15, -0.1) is 0 Å². The minimum absolute atomic E-state index is 0.0645. The summed E-state index contributed by atoms with van der Waals surface area (Å²) in [5.74, 6) is -0.917. The molecule has 110 valence electrons. The van der Waals surface area contributed by atoms with Gasteiger partial charge < -0.3 is 10.4 Å². The van der Waals surface area contributed by atoms with E-state index in [-0.39, 0.29) is 18.4 Å². The van der Waals surface area contributed by atoms with Crippen molar-refractivity contribution < 1.29 is 14.7 Å². The maximum atomic E-state index is 11.7. The van der Waals surface area contributed by atoms with Crippen LogP contribution in [0.25, 0.3) is 0 Å². The molecule has 0 aliphatic rings. The van der Waals surface area contributed by atoms with E-state index in [2.05, 4.69) is 5.32 Å². The average Bonchev–Trinajstić information content (AvgIpc) is 2.38. The Morgan fingerprint density at radius 1 is 1.35 bits per heavy atom. The highest BCUT2D eigenvalue weighted by Crippen LogP contribution is 2.17. The average molecular weight is 298 g/mol. The molecule has 0 aliphatic carbocycles. The summed E-state index contributed by atoms with van der Waals surface area (Å²) in [6.45, 7) is 3.74. The molecule has 1 aromatic carbocycles. The van der Waals surface area contributed by atoms with E-state index in [0.29, 0.717) is 24.3 Å². The largest absolute Gasteiger partial charge is 0.481 e. The van der Waals surface area contributed by atoms with Crippen LogP contribution in [0.5, 0.6) is 0 Å². The molecule has 0 radical (unpaired) electrons. The van der Waals surface area contributed by atoms with Gasteiger partial charge in [-0.25, -0.2) is 0 Å². The standard InChI is InChI=1S/C15H20ClNO3/c1-10-3-5-12(9-13(10)16)6-7-14(18)17-11(2)4-8-15(19)20/h3,5,9,11H,4,6-8H2,1-2H3,(H,17,18)(H,19,20). The second kappa shape index (κ2) is 7.90. The van der Waals surface area contributed by atoms with Crippen LogP contribution in [0.4, 0.5) is 0 Å². The molecule has 0 bridgehead atoms. The third-order valence-corrected chi connectivity index (χ3v) is 3.48. The lowest BCUT2D eigenvalue weighted by Crippen LogP contribution is -2.33. The molecule has 0 saturated heterocycles. The first-order valence-electron chi connectivity index (χ1n) is 6.64. The zero-order chi connectivity index (χ0) is 15.1. The smallest absolute Gasteiger partial charge is 0.303 e. The van der Waals surface area contributed by atoms with Gasteiger partial charge in [0.15, 0.2) is 0 Å². The molecule has 1 atom stereocenters. The highest BCUT2D eigenvalue weighted by atomic mass is 35.5. The molecule has 1 aromatic rings. The monoisotopic (exact) mass is 297 g/mol. The highest BCUT2D eigenvalue weighted by Gasteiger charge is 2.09. The second-order valence-electron chi connectivity index (χ2n) is 4.98. The number of nitrogens with one attached hydrogen (secondary N) is 1. The van der Waals surface area contributed by atoms with Crippen LogP contribution in [-0.4, -0.2) is 23.0 Å². The molecule has 1 rings (SSSR count). The third-order valence-electron chi connectivity index (χ3n) is 3.08. The first kappa shape index (κ1) is 16.5. The molecule has 4 nitrogen and oxygen atoms in total. The number of rotatable bonds is 7. The van der Waals surface area contributed by atoms with E-state index in [9.17, 15) is 9.59 Å². The Hall–Kier alpha value is -1.55. The Morgan fingerprint density at radius 2 is 2.05 bits per heavy atom. The van der Waals surface area contributed by atoms with Crippen molar-refractivity contribution in [3.8, 4) is 0 Å². The fourth-order valence-corrected chi connectivity index (χ4v) is 2.01. The zero-order valence-electron chi connectivity index (χ0n) is 11.8. The molecule has 5 heteroatoms. The molecule has 0 spiro atoms. The topological polar surface area (TPSA) is 66.4 Å². The molecule has 0 aliphatic heterocycles. The SMILES string of the molecule is Cc1ccc(CCC(=O)NC(C)CCC(=O)O)cc1Cl. The van der Waals surface area contributed by atoms with Crippen molar-refractivity contribution in [3.05, 3.63) is 34.3 Å². The minimum atomic E-state index is -0.847. The van der Waals surface area contributed by atoms with Crippen LogP contribution in [-0.2, 0) is 16.0 Å². The number of aryl methyl sites for hydroxylation is 2. The Kier molecular flexibility index (Phi) is 6.52. The molecule has 0 fully saturated rings. The number of hydrogen-bond donors (Lipinski definition) is 2. The molecule has 1 unspecified atom stereocenters. The Morgan fingerprint density at radius 3 is 2.65 bits per heavy atom. The van der Waals surface area contributed by atoms with Gasteiger partial charge in [0, 0.05) is 23.9 Å². The van der Waals surface area contributed by atoms with Gasteiger partial charge in [0.2, 0.25) is 5.91 Å². The predicted molar refractivity (Wildman–Crippen MR) is 79.0 cm³/mol. The van der Waals surface area contributed by atoms with Crippen molar-refractivity contribution >= 4 is 23.5 Å². The number of hydrogen-bond acceptors (Lipinski definition) is 2. The summed E-state index contributed by atoms with van der Waals surface area (Å²) in [7, 11) is 0. The molecule has 1 amide bonds. The maximum absolute atomic E-state index is 11.7. The van der Waals surface area contributed by atoms with Crippen LogP contribution < -0.4 is 5.32 Å². The van der Waals surface area contributed by atoms with Crippen LogP contribution in [0.2, 0.25) is 5.02 Å². The van der Waals surface area contributed by atoms with Crippen molar-refractivity contribution in [2.45, 2.75) is 45.6 Å². The normalized spacial score (nSPS) is 11.9. The van der Waals surface area contributed by atoms with Gasteiger partial charge in [-0.1, -0.05) is 23.7 Å². The van der Waals surface area contributed by atoms with Crippen LogP contribution >= 0.6 is 11.6 Å². The first-order chi connectivity index (χ1) is 9.38. The van der Waals surface area contributed by atoms with Crippen LogP contribution in [0.1, 0.15) is 37.3 Å². The summed E-state index contributed by atoms with van der Waals surface area (Å²) in [5, 5.41) is 12.1. The van der Waals surface area contributed by atoms with E-state index in [1.54, 1.807) is 0 Å². The Balaban J connectivity index is 2.35. The van der Waals surface area contributed by atoms with E-state index in [1.807, 2.05) is 32.0 Å². The summed E-state index contributed by atoms with van der Waals surface area (Å²) in [4.78, 5) is 22.2. The summed E-state index contributed by atoms with van der Waals surface area (Å²) in [6.07, 6.45) is 1.50. The van der Waals surface area contributed by atoms with E-state index >= 15 is 0 Å². The van der Waals surface area contributed by atoms with Crippen LogP contribution in [0.3, 0.4) is 0 Å².